The van der Waals surface area contributed by atoms with Crippen LogP contribution in [0, 0.1) is 11.7 Å². The predicted molar refractivity (Wildman–Crippen MR) is 53.3 cm³/mol. The maximum Gasteiger partial charge on any atom is 0.123 e. The minimum Gasteiger partial charge on any atom is -0.388 e. The molecule has 0 heterocycles. The highest BCUT2D eigenvalue weighted by molar-refractivity contribution is 5.19. The first-order valence-corrected chi connectivity index (χ1v) is 5.21. The van der Waals surface area contributed by atoms with E-state index in [0.717, 1.165) is 18.4 Å². The summed E-state index contributed by atoms with van der Waals surface area (Å²) in [5.74, 6) is 0.132. The van der Waals surface area contributed by atoms with Gasteiger partial charge in [-0.3, -0.25) is 0 Å². The largest absolute Gasteiger partial charge is 0.388 e. The molecule has 0 unspecified atom stereocenters. The standard InChI is InChI=1S/C12H15FO/c13-11-7-5-10(6-8-11)12(14)9-3-1-2-4-9/h5-9,12,14H,1-4H2/t12-/m1/s1. The van der Waals surface area contributed by atoms with E-state index < -0.39 is 6.10 Å². The van der Waals surface area contributed by atoms with Crippen LogP contribution in [0.15, 0.2) is 24.3 Å². The van der Waals surface area contributed by atoms with Gasteiger partial charge >= 0.3 is 0 Å². The quantitative estimate of drug-likeness (QED) is 0.767. The van der Waals surface area contributed by atoms with E-state index in [9.17, 15) is 9.50 Å². The minimum absolute atomic E-state index is 0.243. The van der Waals surface area contributed by atoms with Crippen LogP contribution in [-0.2, 0) is 0 Å². The number of benzene rings is 1. The Morgan fingerprint density at radius 2 is 1.71 bits per heavy atom. The Balaban J connectivity index is 2.09. The third-order valence-electron chi connectivity index (χ3n) is 3.06. The number of hydrogen-bond acceptors (Lipinski definition) is 1. The van der Waals surface area contributed by atoms with Gasteiger partial charge in [-0.25, -0.2) is 4.39 Å². The molecule has 1 fully saturated rings. The topological polar surface area (TPSA) is 20.2 Å². The Kier molecular flexibility index (Phi) is 2.82. The summed E-state index contributed by atoms with van der Waals surface area (Å²) in [6.07, 6.45) is 4.21. The normalized spacial score (nSPS) is 19.9. The zero-order valence-corrected chi connectivity index (χ0v) is 8.12. The monoisotopic (exact) mass is 194 g/mol. The first-order chi connectivity index (χ1) is 6.77. The van der Waals surface area contributed by atoms with Crippen LogP contribution in [0.3, 0.4) is 0 Å². The molecule has 0 aromatic heterocycles. The van der Waals surface area contributed by atoms with Crippen molar-refractivity contribution in [3.63, 3.8) is 0 Å². The summed E-state index contributed by atoms with van der Waals surface area (Å²) >= 11 is 0. The third-order valence-corrected chi connectivity index (χ3v) is 3.06. The summed E-state index contributed by atoms with van der Waals surface area (Å²) in [6.45, 7) is 0. The highest BCUT2D eigenvalue weighted by atomic mass is 19.1. The second-order valence-electron chi connectivity index (χ2n) is 4.04. The van der Waals surface area contributed by atoms with Crippen molar-refractivity contribution in [3.05, 3.63) is 35.6 Å². The molecule has 1 nitrogen and oxygen atoms in total. The molecule has 76 valence electrons. The van der Waals surface area contributed by atoms with Crippen molar-refractivity contribution in [2.45, 2.75) is 31.8 Å². The number of hydrogen-bond donors (Lipinski definition) is 1. The lowest BCUT2D eigenvalue weighted by Gasteiger charge is -2.17. The van der Waals surface area contributed by atoms with Gasteiger partial charge in [0.15, 0.2) is 0 Å². The van der Waals surface area contributed by atoms with E-state index in [-0.39, 0.29) is 5.82 Å². The van der Waals surface area contributed by atoms with E-state index >= 15 is 0 Å². The SMILES string of the molecule is O[C@@H](c1ccc(F)cc1)C1CCCC1. The van der Waals surface area contributed by atoms with Crippen molar-refractivity contribution in [1.29, 1.82) is 0 Å². The highest BCUT2D eigenvalue weighted by Gasteiger charge is 2.24. The first-order valence-electron chi connectivity index (χ1n) is 5.21. The van der Waals surface area contributed by atoms with Gasteiger partial charge in [-0.05, 0) is 36.5 Å². The van der Waals surface area contributed by atoms with Crippen LogP contribution in [0.25, 0.3) is 0 Å². The molecular formula is C12H15FO. The molecule has 14 heavy (non-hydrogen) atoms. The predicted octanol–water partition coefficient (Wildman–Crippen LogP) is 3.05. The molecule has 0 saturated heterocycles. The molecule has 1 aliphatic rings. The molecule has 0 spiro atoms. The van der Waals surface area contributed by atoms with Crippen molar-refractivity contribution in [2.24, 2.45) is 5.92 Å². The average molecular weight is 194 g/mol. The summed E-state index contributed by atoms with van der Waals surface area (Å²) in [6, 6.07) is 6.18. The van der Waals surface area contributed by atoms with Gasteiger partial charge in [0.25, 0.3) is 0 Å². The fourth-order valence-corrected chi connectivity index (χ4v) is 2.21. The number of rotatable bonds is 2. The molecule has 1 aliphatic carbocycles. The van der Waals surface area contributed by atoms with Crippen molar-refractivity contribution < 1.29 is 9.50 Å². The zero-order chi connectivity index (χ0) is 9.97. The Hall–Kier alpha value is -0.890. The van der Waals surface area contributed by atoms with E-state index in [4.69, 9.17) is 0 Å². The van der Waals surface area contributed by atoms with Gasteiger partial charge in [0.1, 0.15) is 5.82 Å². The van der Waals surface area contributed by atoms with Crippen LogP contribution < -0.4 is 0 Å². The molecule has 0 bridgehead atoms. The first kappa shape index (κ1) is 9.66. The van der Waals surface area contributed by atoms with Gasteiger partial charge in [-0.2, -0.15) is 0 Å². The number of aliphatic hydroxyl groups excluding tert-OH is 1. The van der Waals surface area contributed by atoms with Gasteiger partial charge in [0, 0.05) is 0 Å². The smallest absolute Gasteiger partial charge is 0.123 e. The average Bonchev–Trinajstić information content (AvgIpc) is 2.71. The van der Waals surface area contributed by atoms with Crippen LogP contribution in [0.4, 0.5) is 4.39 Å². The summed E-state index contributed by atoms with van der Waals surface area (Å²) in [5, 5.41) is 9.99. The van der Waals surface area contributed by atoms with Gasteiger partial charge in [0.05, 0.1) is 6.10 Å². The zero-order valence-electron chi connectivity index (χ0n) is 8.12. The van der Waals surface area contributed by atoms with E-state index in [0.29, 0.717) is 5.92 Å². The second kappa shape index (κ2) is 4.09. The summed E-state index contributed by atoms with van der Waals surface area (Å²) in [4.78, 5) is 0. The van der Waals surface area contributed by atoms with Crippen molar-refractivity contribution in [1.82, 2.24) is 0 Å². The molecule has 0 aliphatic heterocycles. The van der Waals surface area contributed by atoms with Gasteiger partial charge in [0.2, 0.25) is 0 Å². The molecule has 1 aromatic rings. The molecule has 2 heteroatoms. The lowest BCUT2D eigenvalue weighted by atomic mass is 9.94. The van der Waals surface area contributed by atoms with Crippen LogP contribution in [0.5, 0.6) is 0 Å². The fraction of sp³-hybridized carbons (Fsp3) is 0.500. The van der Waals surface area contributed by atoms with Crippen molar-refractivity contribution in [3.8, 4) is 0 Å². The molecule has 2 rings (SSSR count). The van der Waals surface area contributed by atoms with Crippen LogP contribution in [0.2, 0.25) is 0 Å². The molecule has 0 amide bonds. The molecule has 1 atom stereocenters. The van der Waals surface area contributed by atoms with Gasteiger partial charge in [-0.15, -0.1) is 0 Å². The Morgan fingerprint density at radius 1 is 1.14 bits per heavy atom. The van der Waals surface area contributed by atoms with E-state index in [1.807, 2.05) is 0 Å². The van der Waals surface area contributed by atoms with Crippen LogP contribution in [-0.4, -0.2) is 5.11 Å². The Morgan fingerprint density at radius 3 is 2.29 bits per heavy atom. The second-order valence-corrected chi connectivity index (χ2v) is 4.04. The maximum absolute atomic E-state index is 12.6. The highest BCUT2D eigenvalue weighted by Crippen LogP contribution is 2.35. The fourth-order valence-electron chi connectivity index (χ4n) is 2.21. The number of aliphatic hydroxyl groups is 1. The van der Waals surface area contributed by atoms with E-state index in [2.05, 4.69) is 0 Å². The van der Waals surface area contributed by atoms with Crippen molar-refractivity contribution >= 4 is 0 Å². The van der Waals surface area contributed by atoms with Crippen LogP contribution in [0.1, 0.15) is 37.4 Å². The van der Waals surface area contributed by atoms with E-state index in [1.165, 1.54) is 25.0 Å². The summed E-state index contributed by atoms with van der Waals surface area (Å²) in [7, 11) is 0. The lowest BCUT2D eigenvalue weighted by Crippen LogP contribution is -2.08. The minimum atomic E-state index is -0.405. The third kappa shape index (κ3) is 1.95. The molecule has 1 N–H and O–H groups in total. The van der Waals surface area contributed by atoms with Gasteiger partial charge < -0.3 is 5.11 Å². The van der Waals surface area contributed by atoms with Gasteiger partial charge in [-0.1, -0.05) is 25.0 Å². The summed E-state index contributed by atoms with van der Waals surface area (Å²) < 4.78 is 12.6. The summed E-state index contributed by atoms with van der Waals surface area (Å²) in [5.41, 5.74) is 0.846. The molecule has 0 radical (unpaired) electrons. The van der Waals surface area contributed by atoms with Crippen LogP contribution >= 0.6 is 0 Å². The van der Waals surface area contributed by atoms with Crippen molar-refractivity contribution in [2.75, 3.05) is 0 Å². The lowest BCUT2D eigenvalue weighted by molar-refractivity contribution is 0.111. The molecular weight excluding hydrogens is 179 g/mol. The Bertz CT molecular complexity index is 288. The van der Waals surface area contributed by atoms with E-state index in [1.54, 1.807) is 12.1 Å². The Labute approximate surface area is 83.6 Å². The molecule has 1 aromatic carbocycles. The number of halogens is 1. The molecule has 1 saturated carbocycles. The maximum atomic E-state index is 12.6.